The fourth-order valence-corrected chi connectivity index (χ4v) is 2.75. The van der Waals surface area contributed by atoms with Gasteiger partial charge in [0.25, 0.3) is 0 Å². The van der Waals surface area contributed by atoms with Crippen LogP contribution >= 0.6 is 0 Å². The van der Waals surface area contributed by atoms with Gasteiger partial charge in [-0.15, -0.1) is 0 Å². The molecule has 0 spiro atoms. The maximum absolute atomic E-state index is 6.05. The molecular formula is C20H18N4O. The van der Waals surface area contributed by atoms with Crippen LogP contribution in [-0.2, 0) is 0 Å². The number of nitrogens with one attached hydrogen (secondary N) is 2. The monoisotopic (exact) mass is 330 g/mol. The van der Waals surface area contributed by atoms with Crippen LogP contribution in [0.15, 0.2) is 60.7 Å². The average Bonchev–Trinajstić information content (AvgIpc) is 3.02. The van der Waals surface area contributed by atoms with Crippen molar-refractivity contribution >= 4 is 22.4 Å². The van der Waals surface area contributed by atoms with E-state index in [0.29, 0.717) is 11.7 Å². The predicted molar refractivity (Wildman–Crippen MR) is 99.6 cm³/mol. The number of benzene rings is 2. The highest BCUT2D eigenvalue weighted by Crippen LogP contribution is 2.32. The number of pyridine rings is 1. The first kappa shape index (κ1) is 15.2. The molecule has 4 rings (SSSR count). The number of ether oxygens (including phenoxy) is 1. The molecule has 0 atom stereocenters. The van der Waals surface area contributed by atoms with Crippen LogP contribution in [0, 0.1) is 13.8 Å². The van der Waals surface area contributed by atoms with E-state index in [-0.39, 0.29) is 0 Å². The van der Waals surface area contributed by atoms with E-state index < -0.39 is 0 Å². The normalized spacial score (nSPS) is 10.8. The summed E-state index contributed by atoms with van der Waals surface area (Å²) in [5, 5.41) is 12.4. The van der Waals surface area contributed by atoms with E-state index in [9.17, 15) is 0 Å². The molecule has 0 aliphatic heterocycles. The minimum Gasteiger partial charge on any atom is -0.438 e. The summed E-state index contributed by atoms with van der Waals surface area (Å²) in [5.74, 6) is 2.75. The van der Waals surface area contributed by atoms with Crippen LogP contribution < -0.4 is 10.1 Å². The number of anilines is 2. The average molecular weight is 330 g/mol. The number of fused-ring (bicyclic) bond motifs is 1. The summed E-state index contributed by atoms with van der Waals surface area (Å²) in [6, 6.07) is 19.7. The summed E-state index contributed by atoms with van der Waals surface area (Å²) in [5.41, 5.74) is 2.15. The van der Waals surface area contributed by atoms with Gasteiger partial charge in [-0.25, -0.2) is 0 Å². The van der Waals surface area contributed by atoms with Crippen molar-refractivity contribution in [3.05, 3.63) is 71.9 Å². The number of H-pyrrole nitrogens is 1. The summed E-state index contributed by atoms with van der Waals surface area (Å²) in [6.07, 6.45) is 0. The third kappa shape index (κ3) is 3.17. The van der Waals surface area contributed by atoms with Gasteiger partial charge in [-0.1, -0.05) is 30.3 Å². The van der Waals surface area contributed by atoms with Crippen molar-refractivity contribution in [3.8, 4) is 11.6 Å². The fraction of sp³-hybridized carbons (Fsp3) is 0.100. The van der Waals surface area contributed by atoms with Crippen molar-refractivity contribution in [2.75, 3.05) is 5.32 Å². The first-order valence-electron chi connectivity index (χ1n) is 8.11. The van der Waals surface area contributed by atoms with Crippen molar-refractivity contribution in [2.24, 2.45) is 0 Å². The number of aromatic amines is 1. The van der Waals surface area contributed by atoms with Gasteiger partial charge in [-0.05, 0) is 49.1 Å². The molecule has 0 saturated heterocycles. The molecule has 124 valence electrons. The van der Waals surface area contributed by atoms with Gasteiger partial charge in [0.05, 0.1) is 0 Å². The highest BCUT2D eigenvalue weighted by atomic mass is 16.5. The molecule has 2 heterocycles. The lowest BCUT2D eigenvalue weighted by atomic mass is 10.1. The van der Waals surface area contributed by atoms with Crippen LogP contribution in [0.3, 0.4) is 0 Å². The number of hydrogen-bond acceptors (Lipinski definition) is 4. The lowest BCUT2D eigenvalue weighted by molar-refractivity contribution is 0.470. The Labute approximate surface area is 145 Å². The van der Waals surface area contributed by atoms with Crippen LogP contribution in [0.4, 0.5) is 11.6 Å². The molecule has 0 bridgehead atoms. The Hall–Kier alpha value is -3.34. The van der Waals surface area contributed by atoms with Crippen LogP contribution in [0.5, 0.6) is 11.6 Å². The molecular weight excluding hydrogens is 312 g/mol. The minimum atomic E-state index is 0.571. The number of aromatic nitrogens is 3. The first-order valence-corrected chi connectivity index (χ1v) is 8.11. The van der Waals surface area contributed by atoms with Gasteiger partial charge in [0.15, 0.2) is 5.82 Å². The predicted octanol–water partition coefficient (Wildman–Crippen LogP) is 5.11. The van der Waals surface area contributed by atoms with E-state index in [2.05, 4.69) is 33.5 Å². The van der Waals surface area contributed by atoms with Crippen molar-refractivity contribution in [2.45, 2.75) is 13.8 Å². The standard InChI is InChI=1S/C20H18N4O/c1-13-7-6-10-16-17(13)12-18(21-19-11-14(2)23-24-19)22-20(16)25-15-8-4-3-5-9-15/h3-12H,1-2H3,(H2,21,22,23,24). The summed E-state index contributed by atoms with van der Waals surface area (Å²) < 4.78 is 6.05. The largest absolute Gasteiger partial charge is 0.438 e. The van der Waals surface area contributed by atoms with E-state index in [1.165, 1.54) is 5.56 Å². The number of para-hydroxylation sites is 1. The van der Waals surface area contributed by atoms with E-state index in [0.717, 1.165) is 28.0 Å². The third-order valence-electron chi connectivity index (χ3n) is 3.98. The molecule has 5 nitrogen and oxygen atoms in total. The molecule has 0 aliphatic carbocycles. The van der Waals surface area contributed by atoms with Crippen LogP contribution in [0.1, 0.15) is 11.3 Å². The first-order chi connectivity index (χ1) is 12.2. The molecule has 0 saturated carbocycles. The van der Waals surface area contributed by atoms with Crippen LogP contribution in [0.25, 0.3) is 10.8 Å². The lowest BCUT2D eigenvalue weighted by Gasteiger charge is -2.12. The molecule has 2 aromatic heterocycles. The Morgan fingerprint density at radius 2 is 1.72 bits per heavy atom. The van der Waals surface area contributed by atoms with Gasteiger partial charge < -0.3 is 10.1 Å². The molecule has 2 N–H and O–H groups in total. The zero-order valence-corrected chi connectivity index (χ0v) is 14.1. The Kier molecular flexibility index (Phi) is 3.82. The second-order valence-corrected chi connectivity index (χ2v) is 5.96. The van der Waals surface area contributed by atoms with Gasteiger partial charge in [0.2, 0.25) is 5.88 Å². The molecule has 0 unspecified atom stereocenters. The molecule has 0 fully saturated rings. The Morgan fingerprint density at radius 3 is 2.48 bits per heavy atom. The van der Waals surface area contributed by atoms with Crippen LogP contribution in [-0.4, -0.2) is 15.2 Å². The molecule has 4 aromatic rings. The number of rotatable bonds is 4. The fourth-order valence-electron chi connectivity index (χ4n) is 2.75. The highest BCUT2D eigenvalue weighted by Gasteiger charge is 2.11. The van der Waals surface area contributed by atoms with Crippen LogP contribution in [0.2, 0.25) is 0 Å². The quantitative estimate of drug-likeness (QED) is 0.546. The zero-order valence-electron chi connectivity index (χ0n) is 14.1. The second-order valence-electron chi connectivity index (χ2n) is 5.96. The molecule has 0 aliphatic rings. The van der Waals surface area contributed by atoms with Crippen molar-refractivity contribution in [1.29, 1.82) is 0 Å². The van der Waals surface area contributed by atoms with E-state index in [1.807, 2.05) is 61.5 Å². The molecule has 2 aromatic carbocycles. The Morgan fingerprint density at radius 1 is 0.880 bits per heavy atom. The van der Waals surface area contributed by atoms with Crippen molar-refractivity contribution in [3.63, 3.8) is 0 Å². The minimum absolute atomic E-state index is 0.571. The SMILES string of the molecule is Cc1cc(Nc2cc3c(C)cccc3c(Oc3ccccc3)n2)n[nH]1. The summed E-state index contributed by atoms with van der Waals surface area (Å²) in [7, 11) is 0. The van der Waals surface area contributed by atoms with Crippen molar-refractivity contribution in [1.82, 2.24) is 15.2 Å². The second kappa shape index (κ2) is 6.28. The van der Waals surface area contributed by atoms with E-state index in [4.69, 9.17) is 4.74 Å². The maximum atomic E-state index is 6.05. The lowest BCUT2D eigenvalue weighted by Crippen LogP contribution is -1.98. The van der Waals surface area contributed by atoms with Gasteiger partial charge in [0, 0.05) is 17.1 Å². The number of nitrogens with zero attached hydrogens (tertiary/aromatic N) is 2. The summed E-state index contributed by atoms with van der Waals surface area (Å²) in [6.45, 7) is 4.04. The van der Waals surface area contributed by atoms with E-state index in [1.54, 1.807) is 0 Å². The van der Waals surface area contributed by atoms with Gasteiger partial charge in [0.1, 0.15) is 11.6 Å². The maximum Gasteiger partial charge on any atom is 0.229 e. The van der Waals surface area contributed by atoms with Gasteiger partial charge in [-0.2, -0.15) is 10.1 Å². The number of aryl methyl sites for hydroxylation is 2. The van der Waals surface area contributed by atoms with Gasteiger partial charge in [-0.3, -0.25) is 5.10 Å². The van der Waals surface area contributed by atoms with Crippen molar-refractivity contribution < 1.29 is 4.74 Å². The summed E-state index contributed by atoms with van der Waals surface area (Å²) >= 11 is 0. The topological polar surface area (TPSA) is 62.8 Å². The smallest absolute Gasteiger partial charge is 0.229 e. The molecule has 25 heavy (non-hydrogen) atoms. The molecule has 5 heteroatoms. The van der Waals surface area contributed by atoms with Gasteiger partial charge >= 0.3 is 0 Å². The van der Waals surface area contributed by atoms with E-state index >= 15 is 0 Å². The highest BCUT2D eigenvalue weighted by molar-refractivity contribution is 5.92. The Balaban J connectivity index is 1.80. The number of hydrogen-bond donors (Lipinski definition) is 2. The summed E-state index contributed by atoms with van der Waals surface area (Å²) in [4.78, 5) is 4.65. The third-order valence-corrected chi connectivity index (χ3v) is 3.98. The Bertz CT molecular complexity index is 1020. The molecule has 0 radical (unpaired) electrons. The zero-order chi connectivity index (χ0) is 17.2. The molecule has 0 amide bonds.